The van der Waals surface area contributed by atoms with Crippen LogP contribution in [0.2, 0.25) is 0 Å². The Labute approximate surface area is 126 Å². The largest absolute Gasteiger partial charge is 0.313 e. The SMILES string of the molecule is Cc1cc(C)cc(C2CNC(C3CCC(=O)CC3=O)C2)c1. The van der Waals surface area contributed by atoms with E-state index in [1.165, 1.54) is 16.7 Å². The van der Waals surface area contributed by atoms with Crippen molar-refractivity contribution in [2.75, 3.05) is 6.54 Å². The summed E-state index contributed by atoms with van der Waals surface area (Å²) in [6, 6.07) is 6.96. The highest BCUT2D eigenvalue weighted by atomic mass is 16.1. The van der Waals surface area contributed by atoms with Gasteiger partial charge in [-0.15, -0.1) is 0 Å². The van der Waals surface area contributed by atoms with Gasteiger partial charge in [0.05, 0.1) is 6.42 Å². The number of ketones is 2. The second-order valence-electron chi connectivity index (χ2n) is 6.70. The van der Waals surface area contributed by atoms with Crippen LogP contribution < -0.4 is 5.32 Å². The van der Waals surface area contributed by atoms with E-state index in [0.717, 1.165) is 19.4 Å². The zero-order chi connectivity index (χ0) is 15.0. The number of carbonyl (C=O) groups is 2. The molecule has 1 aliphatic carbocycles. The van der Waals surface area contributed by atoms with Gasteiger partial charge >= 0.3 is 0 Å². The smallest absolute Gasteiger partial charge is 0.144 e. The third-order valence-electron chi connectivity index (χ3n) is 4.89. The van der Waals surface area contributed by atoms with Crippen molar-refractivity contribution in [1.82, 2.24) is 5.32 Å². The normalized spacial score (nSPS) is 29.9. The van der Waals surface area contributed by atoms with Crippen molar-refractivity contribution >= 4 is 11.6 Å². The van der Waals surface area contributed by atoms with E-state index in [9.17, 15) is 9.59 Å². The third kappa shape index (κ3) is 3.08. The number of rotatable bonds is 2. The number of hydrogen-bond donors (Lipinski definition) is 1. The Morgan fingerprint density at radius 2 is 1.81 bits per heavy atom. The molecule has 0 amide bonds. The van der Waals surface area contributed by atoms with Gasteiger partial charge in [0.15, 0.2) is 0 Å². The molecule has 1 aliphatic heterocycles. The lowest BCUT2D eigenvalue weighted by Gasteiger charge is -2.25. The monoisotopic (exact) mass is 285 g/mol. The Morgan fingerprint density at radius 1 is 1.10 bits per heavy atom. The highest BCUT2D eigenvalue weighted by molar-refractivity contribution is 6.02. The first-order chi connectivity index (χ1) is 10.0. The van der Waals surface area contributed by atoms with Gasteiger partial charge in [-0.05, 0) is 38.2 Å². The molecular weight excluding hydrogens is 262 g/mol. The number of hydrogen-bond acceptors (Lipinski definition) is 3. The summed E-state index contributed by atoms with van der Waals surface area (Å²) in [5, 5.41) is 3.53. The molecular formula is C18H23NO2. The molecule has 21 heavy (non-hydrogen) atoms. The van der Waals surface area contributed by atoms with Crippen LogP contribution in [0.1, 0.15) is 48.3 Å². The summed E-state index contributed by atoms with van der Waals surface area (Å²) >= 11 is 0. The fourth-order valence-corrected chi connectivity index (χ4v) is 3.89. The molecule has 2 aliphatic rings. The summed E-state index contributed by atoms with van der Waals surface area (Å²) in [6.07, 6.45) is 2.46. The Kier molecular flexibility index (Phi) is 3.94. The van der Waals surface area contributed by atoms with E-state index >= 15 is 0 Å². The quantitative estimate of drug-likeness (QED) is 0.850. The molecule has 0 bridgehead atoms. The van der Waals surface area contributed by atoms with Gasteiger partial charge in [-0.1, -0.05) is 29.3 Å². The molecule has 1 aromatic rings. The van der Waals surface area contributed by atoms with Crippen LogP contribution in [0.25, 0.3) is 0 Å². The molecule has 1 aromatic carbocycles. The first-order valence-corrected chi connectivity index (χ1v) is 7.89. The minimum atomic E-state index is 0.0404. The molecule has 3 rings (SSSR count). The van der Waals surface area contributed by atoms with Gasteiger partial charge in [0.1, 0.15) is 11.6 Å². The van der Waals surface area contributed by atoms with Crippen molar-refractivity contribution < 1.29 is 9.59 Å². The van der Waals surface area contributed by atoms with Gasteiger partial charge in [-0.2, -0.15) is 0 Å². The minimum Gasteiger partial charge on any atom is -0.313 e. The van der Waals surface area contributed by atoms with Crippen molar-refractivity contribution in [2.24, 2.45) is 5.92 Å². The zero-order valence-electron chi connectivity index (χ0n) is 12.8. The van der Waals surface area contributed by atoms with E-state index < -0.39 is 0 Å². The van der Waals surface area contributed by atoms with Gasteiger partial charge in [0, 0.05) is 24.9 Å². The van der Waals surface area contributed by atoms with Crippen LogP contribution >= 0.6 is 0 Å². The maximum absolute atomic E-state index is 12.1. The fraction of sp³-hybridized carbons (Fsp3) is 0.556. The average molecular weight is 285 g/mol. The standard InChI is InChI=1S/C18H23NO2/c1-11-5-12(2)7-13(6-11)14-8-17(19-10-14)16-4-3-15(20)9-18(16)21/h5-7,14,16-17,19H,3-4,8-10H2,1-2H3. The lowest BCUT2D eigenvalue weighted by molar-refractivity contribution is -0.133. The number of benzene rings is 1. The van der Waals surface area contributed by atoms with E-state index in [1.54, 1.807) is 0 Å². The lowest BCUT2D eigenvalue weighted by atomic mass is 9.80. The molecule has 1 N–H and O–H groups in total. The lowest BCUT2D eigenvalue weighted by Crippen LogP contribution is -2.39. The van der Waals surface area contributed by atoms with Crippen LogP contribution in [0.5, 0.6) is 0 Å². The molecule has 3 atom stereocenters. The Balaban J connectivity index is 1.70. The van der Waals surface area contributed by atoms with Crippen LogP contribution in [-0.4, -0.2) is 24.2 Å². The highest BCUT2D eigenvalue weighted by Crippen LogP contribution is 2.33. The fourth-order valence-electron chi connectivity index (χ4n) is 3.89. The van der Waals surface area contributed by atoms with Crippen LogP contribution in [0.15, 0.2) is 18.2 Å². The molecule has 2 fully saturated rings. The molecule has 112 valence electrons. The van der Waals surface area contributed by atoms with Crippen molar-refractivity contribution in [3.63, 3.8) is 0 Å². The van der Waals surface area contributed by atoms with Gasteiger partial charge in [-0.3, -0.25) is 9.59 Å². The molecule has 3 unspecified atom stereocenters. The number of carbonyl (C=O) groups excluding carboxylic acids is 2. The number of nitrogens with one attached hydrogen (secondary N) is 1. The van der Waals surface area contributed by atoms with Gasteiger partial charge < -0.3 is 5.32 Å². The molecule has 0 radical (unpaired) electrons. The topological polar surface area (TPSA) is 46.2 Å². The molecule has 1 saturated carbocycles. The van der Waals surface area contributed by atoms with Gasteiger partial charge in [0.2, 0.25) is 0 Å². The zero-order valence-corrected chi connectivity index (χ0v) is 12.8. The second kappa shape index (κ2) is 5.72. The van der Waals surface area contributed by atoms with Crippen LogP contribution in [0.4, 0.5) is 0 Å². The summed E-state index contributed by atoms with van der Waals surface area (Å²) in [5.74, 6) is 0.780. The van der Waals surface area contributed by atoms with Crippen LogP contribution in [-0.2, 0) is 9.59 Å². The molecule has 3 heteroatoms. The van der Waals surface area contributed by atoms with Crippen molar-refractivity contribution in [2.45, 2.75) is 51.5 Å². The maximum Gasteiger partial charge on any atom is 0.144 e. The highest BCUT2D eigenvalue weighted by Gasteiger charge is 2.37. The molecule has 0 spiro atoms. The van der Waals surface area contributed by atoms with E-state index in [1.807, 2.05) is 0 Å². The maximum atomic E-state index is 12.1. The first-order valence-electron chi connectivity index (χ1n) is 7.89. The third-order valence-corrected chi connectivity index (χ3v) is 4.89. The van der Waals surface area contributed by atoms with Crippen LogP contribution in [0.3, 0.4) is 0 Å². The molecule has 1 heterocycles. The van der Waals surface area contributed by atoms with E-state index in [4.69, 9.17) is 0 Å². The first kappa shape index (κ1) is 14.5. The average Bonchev–Trinajstić information content (AvgIpc) is 2.87. The number of Topliss-reactive ketones (excluding diaryl/α,β-unsaturated/α-hetero) is 2. The summed E-state index contributed by atoms with van der Waals surface area (Å²) in [7, 11) is 0. The molecule has 3 nitrogen and oxygen atoms in total. The second-order valence-corrected chi connectivity index (χ2v) is 6.70. The van der Waals surface area contributed by atoms with E-state index in [-0.39, 0.29) is 29.9 Å². The summed E-state index contributed by atoms with van der Waals surface area (Å²) in [4.78, 5) is 23.4. The summed E-state index contributed by atoms with van der Waals surface area (Å²) in [6.45, 7) is 5.20. The van der Waals surface area contributed by atoms with Crippen molar-refractivity contribution in [3.05, 3.63) is 34.9 Å². The minimum absolute atomic E-state index is 0.0404. The van der Waals surface area contributed by atoms with Crippen molar-refractivity contribution in [1.29, 1.82) is 0 Å². The van der Waals surface area contributed by atoms with Crippen LogP contribution in [0, 0.1) is 19.8 Å². The summed E-state index contributed by atoms with van der Waals surface area (Å²) < 4.78 is 0. The Hall–Kier alpha value is -1.48. The summed E-state index contributed by atoms with van der Waals surface area (Å²) in [5.41, 5.74) is 3.97. The molecule has 0 aromatic heterocycles. The predicted molar refractivity (Wildman–Crippen MR) is 82.4 cm³/mol. The van der Waals surface area contributed by atoms with Crippen molar-refractivity contribution in [3.8, 4) is 0 Å². The van der Waals surface area contributed by atoms with Gasteiger partial charge in [-0.25, -0.2) is 0 Å². The molecule has 1 saturated heterocycles. The van der Waals surface area contributed by atoms with E-state index in [0.29, 0.717) is 12.3 Å². The number of aryl methyl sites for hydroxylation is 2. The Bertz CT molecular complexity index is 558. The predicted octanol–water partition coefficient (Wildman–Crippen LogP) is 2.69. The van der Waals surface area contributed by atoms with Gasteiger partial charge in [0.25, 0.3) is 0 Å². The van der Waals surface area contributed by atoms with E-state index in [2.05, 4.69) is 37.4 Å². The Morgan fingerprint density at radius 3 is 2.48 bits per heavy atom.